The van der Waals surface area contributed by atoms with Crippen LogP contribution in [0, 0.1) is 6.92 Å². The van der Waals surface area contributed by atoms with Crippen LogP contribution in [0.4, 0.5) is 0 Å². The first-order valence-electron chi connectivity index (χ1n) is 6.05. The molecule has 3 rings (SSSR count). The number of rotatable bonds is 3. The number of hydrogen-bond acceptors (Lipinski definition) is 4. The van der Waals surface area contributed by atoms with E-state index in [-0.39, 0.29) is 0 Å². The monoisotopic (exact) mass is 251 g/mol. The van der Waals surface area contributed by atoms with Gasteiger partial charge in [-0.15, -0.1) is 10.2 Å². The highest BCUT2D eigenvalue weighted by Crippen LogP contribution is 2.11. The lowest BCUT2D eigenvalue weighted by Crippen LogP contribution is -2.03. The normalized spacial score (nSPS) is 10.6. The zero-order valence-electron chi connectivity index (χ0n) is 10.6. The molecule has 2 aromatic heterocycles. The van der Waals surface area contributed by atoms with Crippen molar-refractivity contribution in [1.82, 2.24) is 25.2 Å². The first-order chi connectivity index (χ1) is 9.31. The Bertz CT molecular complexity index is 658. The third-order valence-corrected chi connectivity index (χ3v) is 2.84. The topological polar surface area (TPSA) is 56.5 Å². The SMILES string of the molecule is Cc1ccc(Cn2nnc(-c3ccncc3)n2)cc1. The van der Waals surface area contributed by atoms with Gasteiger partial charge in [0.2, 0.25) is 5.82 Å². The lowest BCUT2D eigenvalue weighted by Gasteiger charge is -1.99. The summed E-state index contributed by atoms with van der Waals surface area (Å²) >= 11 is 0. The number of aryl methyl sites for hydroxylation is 1. The van der Waals surface area contributed by atoms with Gasteiger partial charge in [-0.25, -0.2) is 0 Å². The van der Waals surface area contributed by atoms with Crippen LogP contribution in [0.1, 0.15) is 11.1 Å². The summed E-state index contributed by atoms with van der Waals surface area (Å²) in [5.74, 6) is 0.620. The summed E-state index contributed by atoms with van der Waals surface area (Å²) in [7, 11) is 0. The predicted molar refractivity (Wildman–Crippen MR) is 71.3 cm³/mol. The molecule has 0 saturated heterocycles. The summed E-state index contributed by atoms with van der Waals surface area (Å²) in [6.45, 7) is 2.69. The van der Waals surface area contributed by atoms with Gasteiger partial charge in [-0.2, -0.15) is 4.80 Å². The van der Waals surface area contributed by atoms with Crippen molar-refractivity contribution in [2.24, 2.45) is 0 Å². The van der Waals surface area contributed by atoms with Gasteiger partial charge < -0.3 is 0 Å². The van der Waals surface area contributed by atoms with E-state index in [1.165, 1.54) is 5.56 Å². The molecule has 0 N–H and O–H groups in total. The molecule has 1 aromatic carbocycles. The second-order valence-corrected chi connectivity index (χ2v) is 4.36. The molecule has 3 aromatic rings. The van der Waals surface area contributed by atoms with Gasteiger partial charge in [0, 0.05) is 18.0 Å². The van der Waals surface area contributed by atoms with Crippen molar-refractivity contribution in [3.63, 3.8) is 0 Å². The van der Waals surface area contributed by atoms with Crippen molar-refractivity contribution >= 4 is 0 Å². The Labute approximate surface area is 110 Å². The number of aromatic nitrogens is 5. The minimum atomic E-state index is 0.620. The smallest absolute Gasteiger partial charge is 0.205 e. The van der Waals surface area contributed by atoms with E-state index in [0.717, 1.165) is 11.1 Å². The first kappa shape index (κ1) is 11.5. The van der Waals surface area contributed by atoms with Gasteiger partial charge >= 0.3 is 0 Å². The molecular formula is C14H13N5. The maximum atomic E-state index is 4.36. The van der Waals surface area contributed by atoms with Crippen molar-refractivity contribution in [2.75, 3.05) is 0 Å². The molecule has 0 aliphatic rings. The number of hydrogen-bond donors (Lipinski definition) is 0. The van der Waals surface area contributed by atoms with Crippen molar-refractivity contribution in [3.05, 3.63) is 59.9 Å². The highest BCUT2D eigenvalue weighted by atomic mass is 15.6. The Kier molecular flexibility index (Phi) is 3.02. The third-order valence-electron chi connectivity index (χ3n) is 2.84. The minimum Gasteiger partial charge on any atom is -0.265 e. The molecule has 0 amide bonds. The quantitative estimate of drug-likeness (QED) is 0.715. The van der Waals surface area contributed by atoms with Crippen LogP contribution in [-0.4, -0.2) is 25.2 Å². The van der Waals surface area contributed by atoms with E-state index >= 15 is 0 Å². The van der Waals surface area contributed by atoms with Gasteiger partial charge in [0.15, 0.2) is 0 Å². The average molecular weight is 251 g/mol. The standard InChI is InChI=1S/C14H13N5/c1-11-2-4-12(5-3-11)10-19-17-14(16-18-19)13-6-8-15-9-7-13/h2-9H,10H2,1H3. The molecule has 0 aliphatic heterocycles. The zero-order chi connectivity index (χ0) is 13.1. The maximum Gasteiger partial charge on any atom is 0.205 e. The molecule has 0 spiro atoms. The van der Waals surface area contributed by atoms with Gasteiger partial charge in [0.05, 0.1) is 6.54 Å². The van der Waals surface area contributed by atoms with Crippen LogP contribution in [0.15, 0.2) is 48.8 Å². The van der Waals surface area contributed by atoms with Crippen molar-refractivity contribution in [2.45, 2.75) is 13.5 Å². The summed E-state index contributed by atoms with van der Waals surface area (Å²) < 4.78 is 0. The summed E-state index contributed by atoms with van der Waals surface area (Å²) in [5, 5.41) is 12.5. The lowest BCUT2D eigenvalue weighted by molar-refractivity contribution is 0.573. The van der Waals surface area contributed by atoms with E-state index < -0.39 is 0 Å². The molecule has 0 saturated carbocycles. The lowest BCUT2D eigenvalue weighted by atomic mass is 10.1. The molecular weight excluding hydrogens is 238 g/mol. The molecule has 5 nitrogen and oxygen atoms in total. The third kappa shape index (κ3) is 2.65. The maximum absolute atomic E-state index is 4.36. The van der Waals surface area contributed by atoms with Crippen LogP contribution in [-0.2, 0) is 6.54 Å². The van der Waals surface area contributed by atoms with E-state index in [9.17, 15) is 0 Å². The minimum absolute atomic E-state index is 0.620. The number of benzene rings is 1. The molecule has 19 heavy (non-hydrogen) atoms. The Hall–Kier alpha value is -2.56. The zero-order valence-corrected chi connectivity index (χ0v) is 10.6. The predicted octanol–water partition coefficient (Wildman–Crippen LogP) is 2.09. The van der Waals surface area contributed by atoms with E-state index in [1.54, 1.807) is 17.2 Å². The fourth-order valence-electron chi connectivity index (χ4n) is 1.78. The van der Waals surface area contributed by atoms with Gasteiger partial charge in [-0.1, -0.05) is 29.8 Å². The van der Waals surface area contributed by atoms with Crippen LogP contribution in [0.25, 0.3) is 11.4 Å². The van der Waals surface area contributed by atoms with Crippen LogP contribution in [0.3, 0.4) is 0 Å². The molecule has 0 aliphatic carbocycles. The molecule has 2 heterocycles. The number of nitrogens with zero attached hydrogens (tertiary/aromatic N) is 5. The molecule has 0 atom stereocenters. The van der Waals surface area contributed by atoms with Gasteiger partial charge in [0.1, 0.15) is 0 Å². The van der Waals surface area contributed by atoms with Crippen LogP contribution in [0.2, 0.25) is 0 Å². The Morgan fingerprint density at radius 1 is 1.00 bits per heavy atom. The summed E-state index contributed by atoms with van der Waals surface area (Å²) in [6.07, 6.45) is 3.44. The molecule has 5 heteroatoms. The summed E-state index contributed by atoms with van der Waals surface area (Å²) in [6, 6.07) is 12.0. The Morgan fingerprint density at radius 3 is 2.47 bits per heavy atom. The van der Waals surface area contributed by atoms with Crippen LogP contribution in [0.5, 0.6) is 0 Å². The summed E-state index contributed by atoms with van der Waals surface area (Å²) in [5.41, 5.74) is 3.32. The Balaban J connectivity index is 1.80. The highest BCUT2D eigenvalue weighted by Gasteiger charge is 2.05. The van der Waals surface area contributed by atoms with Crippen molar-refractivity contribution in [1.29, 1.82) is 0 Å². The molecule has 0 radical (unpaired) electrons. The first-order valence-corrected chi connectivity index (χ1v) is 6.05. The van der Waals surface area contributed by atoms with Crippen molar-refractivity contribution < 1.29 is 0 Å². The second kappa shape index (κ2) is 4.97. The number of pyridine rings is 1. The van der Waals surface area contributed by atoms with E-state index in [1.807, 2.05) is 12.1 Å². The Morgan fingerprint density at radius 2 is 1.74 bits per heavy atom. The van der Waals surface area contributed by atoms with Crippen molar-refractivity contribution in [3.8, 4) is 11.4 Å². The van der Waals surface area contributed by atoms with E-state index in [0.29, 0.717) is 12.4 Å². The molecule has 0 unspecified atom stereocenters. The van der Waals surface area contributed by atoms with E-state index in [4.69, 9.17) is 0 Å². The fraction of sp³-hybridized carbons (Fsp3) is 0.143. The molecule has 94 valence electrons. The molecule has 0 bridgehead atoms. The van der Waals surface area contributed by atoms with E-state index in [2.05, 4.69) is 51.6 Å². The second-order valence-electron chi connectivity index (χ2n) is 4.36. The fourth-order valence-corrected chi connectivity index (χ4v) is 1.78. The van der Waals surface area contributed by atoms with Crippen LogP contribution >= 0.6 is 0 Å². The number of tetrazole rings is 1. The van der Waals surface area contributed by atoms with Gasteiger partial charge in [0.25, 0.3) is 0 Å². The summed E-state index contributed by atoms with van der Waals surface area (Å²) in [4.78, 5) is 5.57. The largest absolute Gasteiger partial charge is 0.265 e. The van der Waals surface area contributed by atoms with Gasteiger partial charge in [-0.3, -0.25) is 4.98 Å². The average Bonchev–Trinajstić information content (AvgIpc) is 2.91. The molecule has 0 fully saturated rings. The van der Waals surface area contributed by atoms with Gasteiger partial charge in [-0.05, 0) is 29.8 Å². The highest BCUT2D eigenvalue weighted by molar-refractivity contribution is 5.52. The van der Waals surface area contributed by atoms with Crippen LogP contribution < -0.4 is 0 Å².